The first-order valence-corrected chi connectivity index (χ1v) is 8.87. The van der Waals surface area contributed by atoms with Crippen LogP contribution in [0.2, 0.25) is 0 Å². The van der Waals surface area contributed by atoms with Gasteiger partial charge in [-0.15, -0.1) is 24.2 Å². The number of amides is 1. The molecule has 3 unspecified atom stereocenters. The molecule has 0 bridgehead atoms. The maximum Gasteiger partial charge on any atom is 0.223 e. The minimum Gasteiger partial charge on any atom is -0.496 e. The van der Waals surface area contributed by atoms with Gasteiger partial charge in [0, 0.05) is 29.2 Å². The molecule has 6 heteroatoms. The highest BCUT2D eigenvalue weighted by Gasteiger charge is 2.27. The summed E-state index contributed by atoms with van der Waals surface area (Å²) in [4.78, 5) is 13.2. The van der Waals surface area contributed by atoms with E-state index in [2.05, 4.69) is 18.3 Å². The molecule has 3 N–H and O–H groups in total. The molecular weight excluding hydrogens is 332 g/mol. The molecule has 1 aromatic carbocycles. The summed E-state index contributed by atoms with van der Waals surface area (Å²) >= 11 is 1.77. The van der Waals surface area contributed by atoms with Crippen molar-refractivity contribution in [1.82, 2.24) is 5.32 Å². The molecule has 0 radical (unpaired) electrons. The maximum atomic E-state index is 12.1. The zero-order valence-electron chi connectivity index (χ0n) is 13.8. The average Bonchev–Trinajstić information content (AvgIpc) is 2.97. The van der Waals surface area contributed by atoms with Gasteiger partial charge >= 0.3 is 0 Å². The van der Waals surface area contributed by atoms with Gasteiger partial charge in [-0.2, -0.15) is 0 Å². The van der Waals surface area contributed by atoms with Crippen molar-refractivity contribution < 1.29 is 9.53 Å². The molecule has 2 rings (SSSR count). The number of nitrogens with one attached hydrogen (secondary N) is 1. The molecule has 0 heterocycles. The Balaban J connectivity index is 0.00000264. The summed E-state index contributed by atoms with van der Waals surface area (Å²) in [7, 11) is 1.69. The molecule has 4 nitrogen and oxygen atoms in total. The predicted octanol–water partition coefficient (Wildman–Crippen LogP) is 3.09. The van der Waals surface area contributed by atoms with Gasteiger partial charge in [-0.25, -0.2) is 0 Å². The highest BCUT2D eigenvalue weighted by Crippen LogP contribution is 2.30. The number of halogens is 1. The fourth-order valence-corrected chi connectivity index (χ4v) is 3.75. The van der Waals surface area contributed by atoms with Gasteiger partial charge in [0.1, 0.15) is 5.75 Å². The first-order valence-electron chi connectivity index (χ1n) is 7.89. The van der Waals surface area contributed by atoms with Gasteiger partial charge in [-0.05, 0) is 37.3 Å². The van der Waals surface area contributed by atoms with Gasteiger partial charge in [0.05, 0.1) is 7.11 Å². The Morgan fingerprint density at radius 1 is 1.43 bits per heavy atom. The Morgan fingerprint density at radius 3 is 2.83 bits per heavy atom. The standard InChI is InChI=1S/C17H26N2O2S.ClH/c1-12(10-19-17(20)13-7-8-14(18)9-13)11-22-16-6-4-3-5-15(16)21-2;/h3-6,12-14H,7-11,18H2,1-2H3,(H,19,20);1H. The number of methoxy groups -OCH3 is 1. The highest BCUT2D eigenvalue weighted by molar-refractivity contribution is 7.99. The van der Waals surface area contributed by atoms with Crippen LogP contribution in [0.1, 0.15) is 26.2 Å². The van der Waals surface area contributed by atoms with Gasteiger partial charge in [0.2, 0.25) is 5.91 Å². The lowest BCUT2D eigenvalue weighted by molar-refractivity contribution is -0.124. The molecule has 3 atom stereocenters. The Bertz CT molecular complexity index is 501. The van der Waals surface area contributed by atoms with Gasteiger partial charge < -0.3 is 15.8 Å². The number of hydrogen-bond donors (Lipinski definition) is 2. The number of carbonyl (C=O) groups is 1. The smallest absolute Gasteiger partial charge is 0.223 e. The summed E-state index contributed by atoms with van der Waals surface area (Å²) in [5.41, 5.74) is 5.86. The van der Waals surface area contributed by atoms with Crippen molar-refractivity contribution in [2.75, 3.05) is 19.4 Å². The first kappa shape index (κ1) is 20.1. The number of benzene rings is 1. The Hall–Kier alpha value is -0.910. The number of thioether (sulfide) groups is 1. The minimum absolute atomic E-state index is 0. The zero-order chi connectivity index (χ0) is 15.9. The molecule has 1 amide bonds. The van der Waals surface area contributed by atoms with Crippen LogP contribution in [-0.4, -0.2) is 31.4 Å². The molecule has 0 aliphatic heterocycles. The molecular formula is C17H27ClN2O2S. The van der Waals surface area contributed by atoms with Crippen LogP contribution in [0.15, 0.2) is 29.2 Å². The third-order valence-corrected chi connectivity index (χ3v) is 5.45. The maximum absolute atomic E-state index is 12.1. The van der Waals surface area contributed by atoms with Crippen molar-refractivity contribution in [2.24, 2.45) is 17.6 Å². The SMILES string of the molecule is COc1ccccc1SCC(C)CNC(=O)C1CCC(N)C1.Cl. The summed E-state index contributed by atoms with van der Waals surface area (Å²) in [6.07, 6.45) is 2.73. The molecule has 1 aromatic rings. The number of nitrogens with two attached hydrogens (primary N) is 1. The topological polar surface area (TPSA) is 64.3 Å². The van der Waals surface area contributed by atoms with Crippen LogP contribution in [0.5, 0.6) is 5.75 Å². The Labute approximate surface area is 149 Å². The summed E-state index contributed by atoms with van der Waals surface area (Å²) in [6, 6.07) is 8.22. The lowest BCUT2D eigenvalue weighted by Gasteiger charge is -2.16. The third kappa shape index (κ3) is 6.24. The van der Waals surface area contributed by atoms with E-state index in [4.69, 9.17) is 10.5 Å². The van der Waals surface area contributed by atoms with Crippen LogP contribution in [-0.2, 0) is 4.79 Å². The second-order valence-corrected chi connectivity index (χ2v) is 7.14. The zero-order valence-corrected chi connectivity index (χ0v) is 15.4. The number of rotatable bonds is 7. The van der Waals surface area contributed by atoms with Crippen molar-refractivity contribution in [2.45, 2.75) is 37.1 Å². The van der Waals surface area contributed by atoms with Gasteiger partial charge in [-0.3, -0.25) is 4.79 Å². The van der Waals surface area contributed by atoms with Crippen molar-refractivity contribution in [3.63, 3.8) is 0 Å². The molecule has 1 fully saturated rings. The highest BCUT2D eigenvalue weighted by atomic mass is 35.5. The number of para-hydroxylation sites is 1. The quantitative estimate of drug-likeness (QED) is 0.735. The predicted molar refractivity (Wildman–Crippen MR) is 98.5 cm³/mol. The van der Waals surface area contributed by atoms with Crippen LogP contribution in [0.25, 0.3) is 0 Å². The molecule has 1 saturated carbocycles. The normalized spacial score (nSPS) is 21.3. The summed E-state index contributed by atoms with van der Waals surface area (Å²) in [5, 5.41) is 3.07. The van der Waals surface area contributed by atoms with E-state index in [1.165, 1.54) is 0 Å². The minimum atomic E-state index is 0. The van der Waals surface area contributed by atoms with E-state index in [1.807, 2.05) is 18.2 Å². The first-order chi connectivity index (χ1) is 10.6. The van der Waals surface area contributed by atoms with Crippen LogP contribution in [0.3, 0.4) is 0 Å². The van der Waals surface area contributed by atoms with E-state index >= 15 is 0 Å². The lowest BCUT2D eigenvalue weighted by atomic mass is 10.1. The summed E-state index contributed by atoms with van der Waals surface area (Å²) in [5.74, 6) is 2.55. The van der Waals surface area contributed by atoms with E-state index in [9.17, 15) is 4.79 Å². The van der Waals surface area contributed by atoms with E-state index in [-0.39, 0.29) is 30.3 Å². The fourth-order valence-electron chi connectivity index (χ4n) is 2.70. The van der Waals surface area contributed by atoms with Crippen LogP contribution in [0, 0.1) is 11.8 Å². The molecule has 23 heavy (non-hydrogen) atoms. The summed E-state index contributed by atoms with van der Waals surface area (Å²) in [6.45, 7) is 2.87. The largest absolute Gasteiger partial charge is 0.496 e. The Kier molecular flexibility index (Phi) is 8.81. The second-order valence-electron chi connectivity index (χ2n) is 6.08. The molecule has 0 saturated heterocycles. The number of hydrogen-bond acceptors (Lipinski definition) is 4. The lowest BCUT2D eigenvalue weighted by Crippen LogP contribution is -2.34. The van der Waals surface area contributed by atoms with Crippen molar-refractivity contribution in [1.29, 1.82) is 0 Å². The number of carbonyl (C=O) groups excluding carboxylic acids is 1. The van der Waals surface area contributed by atoms with Crippen molar-refractivity contribution in [3.05, 3.63) is 24.3 Å². The van der Waals surface area contributed by atoms with E-state index in [0.29, 0.717) is 12.5 Å². The van der Waals surface area contributed by atoms with Crippen LogP contribution < -0.4 is 15.8 Å². The fraction of sp³-hybridized carbons (Fsp3) is 0.588. The second kappa shape index (κ2) is 10.1. The molecule has 1 aliphatic rings. The van der Waals surface area contributed by atoms with Crippen molar-refractivity contribution in [3.8, 4) is 5.75 Å². The molecule has 1 aliphatic carbocycles. The molecule has 0 spiro atoms. The molecule has 0 aromatic heterocycles. The van der Waals surface area contributed by atoms with Crippen LogP contribution >= 0.6 is 24.2 Å². The van der Waals surface area contributed by atoms with E-state index in [1.54, 1.807) is 18.9 Å². The van der Waals surface area contributed by atoms with E-state index < -0.39 is 0 Å². The van der Waals surface area contributed by atoms with Crippen molar-refractivity contribution >= 4 is 30.1 Å². The van der Waals surface area contributed by atoms with Gasteiger partial charge in [0.15, 0.2) is 0 Å². The van der Waals surface area contributed by atoms with Gasteiger partial charge in [0.25, 0.3) is 0 Å². The molecule has 130 valence electrons. The van der Waals surface area contributed by atoms with Gasteiger partial charge in [-0.1, -0.05) is 19.1 Å². The number of ether oxygens (including phenoxy) is 1. The average molecular weight is 359 g/mol. The monoisotopic (exact) mass is 358 g/mol. The Morgan fingerprint density at radius 2 is 2.17 bits per heavy atom. The van der Waals surface area contributed by atoms with Crippen LogP contribution in [0.4, 0.5) is 0 Å². The van der Waals surface area contributed by atoms with E-state index in [0.717, 1.165) is 35.7 Å². The third-order valence-electron chi connectivity index (χ3n) is 4.06. The summed E-state index contributed by atoms with van der Waals surface area (Å²) < 4.78 is 5.35.